The summed E-state index contributed by atoms with van der Waals surface area (Å²) in [6, 6.07) is 17.1. The Morgan fingerprint density at radius 1 is 0.900 bits per heavy atom. The first kappa shape index (κ1) is 40.0. The molecule has 0 bridgehead atoms. The molecule has 50 heavy (non-hydrogen) atoms. The van der Waals surface area contributed by atoms with E-state index < -0.39 is 0 Å². The van der Waals surface area contributed by atoms with Crippen molar-refractivity contribution in [1.82, 2.24) is 29.1 Å². The first-order chi connectivity index (χ1) is 23.4. The second kappa shape index (κ2) is 21.7. The Balaban J connectivity index is 0.000000285. The van der Waals surface area contributed by atoms with Crippen LogP contribution < -0.4 is 33.8 Å². The van der Waals surface area contributed by atoms with Crippen LogP contribution in [0.25, 0.3) is 0 Å². The molecule has 0 amide bonds. The molecule has 6 rings (SSSR count). The van der Waals surface area contributed by atoms with Gasteiger partial charge in [0.05, 0.1) is 44.3 Å². The molecule has 6 heterocycles. The Morgan fingerprint density at radius 3 is 2.16 bits per heavy atom. The number of imidazole rings is 2. The van der Waals surface area contributed by atoms with Gasteiger partial charge >= 0.3 is 11.7 Å². The number of amidine groups is 2. The van der Waals surface area contributed by atoms with E-state index in [0.717, 1.165) is 17.7 Å². The molecule has 0 aliphatic carbocycles. The van der Waals surface area contributed by atoms with Crippen molar-refractivity contribution in [2.24, 2.45) is 62.7 Å². The molecule has 4 N–H and O–H groups in total. The predicted octanol–water partition coefficient (Wildman–Crippen LogP) is -0.340. The van der Waals surface area contributed by atoms with Crippen molar-refractivity contribution in [3.05, 3.63) is 133 Å². The molecule has 0 saturated carbocycles. The molecule has 5 aromatic heterocycles. The van der Waals surface area contributed by atoms with Crippen molar-refractivity contribution in [3.63, 3.8) is 0 Å². The number of rotatable bonds is 5. The summed E-state index contributed by atoms with van der Waals surface area (Å²) in [6.45, 7) is 0. The number of nitrogens with two attached hydrogens (primary N) is 1. The molecule has 1 aliphatic rings. The SMILES string of the molecule is C[N+]1=CC=CC/C1=N/N.Cl.Cn1cccc/c1=N/N=C(/N=Nc1cccc[n+]1C)c1ncc[nH]1.Cn1cccc/c1=N/N=C\c1ncc[nH]1.[Cl-]. The highest BCUT2D eigenvalue weighted by molar-refractivity contribution is 5.95. The Labute approximate surface area is 301 Å². The zero-order valence-corrected chi connectivity index (χ0v) is 29.5. The van der Waals surface area contributed by atoms with Gasteiger partial charge in [-0.15, -0.1) is 27.7 Å². The largest absolute Gasteiger partial charge is 1.00 e. The molecule has 0 saturated heterocycles. The van der Waals surface area contributed by atoms with Crippen LogP contribution in [-0.2, 0) is 21.1 Å². The summed E-state index contributed by atoms with van der Waals surface area (Å²) in [5, 5.41) is 28.4. The van der Waals surface area contributed by atoms with E-state index in [1.165, 1.54) is 0 Å². The van der Waals surface area contributed by atoms with Crippen molar-refractivity contribution >= 4 is 42.3 Å². The van der Waals surface area contributed by atoms with Crippen LogP contribution >= 0.6 is 12.4 Å². The van der Waals surface area contributed by atoms with Gasteiger partial charge in [-0.25, -0.2) is 25.0 Å². The minimum absolute atomic E-state index is 0. The van der Waals surface area contributed by atoms with Gasteiger partial charge in [-0.2, -0.15) is 5.10 Å². The lowest BCUT2D eigenvalue weighted by atomic mass is 10.3. The van der Waals surface area contributed by atoms with Crippen molar-refractivity contribution in [2.45, 2.75) is 6.42 Å². The molecule has 0 unspecified atom stereocenters. The lowest BCUT2D eigenvalue weighted by molar-refractivity contribution is -0.658. The van der Waals surface area contributed by atoms with Crippen LogP contribution in [0, 0.1) is 0 Å². The number of hydrogen-bond donors (Lipinski definition) is 3. The zero-order chi connectivity index (χ0) is 34.0. The summed E-state index contributed by atoms with van der Waals surface area (Å²) in [7, 11) is 7.63. The highest BCUT2D eigenvalue weighted by Gasteiger charge is 2.11. The van der Waals surface area contributed by atoms with E-state index in [1.807, 2.05) is 138 Å². The van der Waals surface area contributed by atoms with Crippen LogP contribution in [0.1, 0.15) is 18.1 Å². The number of allylic oxidation sites excluding steroid dienone is 1. The lowest BCUT2D eigenvalue weighted by Crippen LogP contribution is -3.00. The van der Waals surface area contributed by atoms with E-state index in [1.54, 1.807) is 31.0 Å². The van der Waals surface area contributed by atoms with Gasteiger partial charge in [0.25, 0.3) is 5.84 Å². The molecule has 0 radical (unpaired) electrons. The second-order valence-electron chi connectivity index (χ2n) is 9.93. The third-order valence-corrected chi connectivity index (χ3v) is 6.45. The maximum atomic E-state index is 5.09. The zero-order valence-electron chi connectivity index (χ0n) is 27.9. The maximum absolute atomic E-state index is 5.09. The topological polar surface area (TPSA) is 187 Å². The second-order valence-corrected chi connectivity index (χ2v) is 9.93. The molecule has 0 atom stereocenters. The van der Waals surface area contributed by atoms with Crippen LogP contribution in [0.15, 0.2) is 146 Å². The normalized spacial score (nSPS) is 14.0. The van der Waals surface area contributed by atoms with E-state index in [-0.39, 0.29) is 24.8 Å². The van der Waals surface area contributed by atoms with Gasteiger partial charge < -0.3 is 31.5 Å². The van der Waals surface area contributed by atoms with Crippen molar-refractivity contribution in [2.75, 3.05) is 7.05 Å². The summed E-state index contributed by atoms with van der Waals surface area (Å²) < 4.78 is 7.51. The Hall–Kier alpha value is -6.13. The number of azo groups is 1. The van der Waals surface area contributed by atoms with E-state index in [0.29, 0.717) is 28.8 Å². The summed E-state index contributed by atoms with van der Waals surface area (Å²) in [5.74, 6) is 8.17. The smallest absolute Gasteiger partial charge is 0.350 e. The molecule has 260 valence electrons. The molecular weight excluding hydrogens is 679 g/mol. The molecule has 0 aromatic carbocycles. The van der Waals surface area contributed by atoms with Gasteiger partial charge in [-0.1, -0.05) is 24.3 Å². The summed E-state index contributed by atoms with van der Waals surface area (Å²) in [5.41, 5.74) is 1.49. The number of nitrogens with zero attached hydrogens (tertiary/aromatic N) is 13. The maximum Gasteiger partial charge on any atom is 0.350 e. The highest BCUT2D eigenvalue weighted by atomic mass is 35.5. The quantitative estimate of drug-likeness (QED) is 0.0562. The number of hydrogen-bond acceptors (Lipinski definition) is 9. The summed E-state index contributed by atoms with van der Waals surface area (Å²) in [6.07, 6.45) is 20.8. The first-order valence-corrected chi connectivity index (χ1v) is 14.7. The molecule has 0 fully saturated rings. The fourth-order valence-corrected chi connectivity index (χ4v) is 3.78. The van der Waals surface area contributed by atoms with E-state index >= 15 is 0 Å². The van der Waals surface area contributed by atoms with Crippen molar-refractivity contribution in [3.8, 4) is 0 Å². The fraction of sp³-hybridized carbons (Fsp3) is 0.156. The molecular formula is C32H39Cl2N16+. The predicted molar refractivity (Wildman–Crippen MR) is 190 cm³/mol. The number of aryl methyl sites for hydroxylation is 3. The van der Waals surface area contributed by atoms with Gasteiger partial charge in [-0.05, 0) is 41.5 Å². The number of pyridine rings is 3. The van der Waals surface area contributed by atoms with Crippen LogP contribution in [-0.4, -0.2) is 64.8 Å². The highest BCUT2D eigenvalue weighted by Crippen LogP contribution is 2.06. The third-order valence-electron chi connectivity index (χ3n) is 6.45. The number of nitrogens with one attached hydrogen (secondary N) is 2. The molecule has 18 heteroatoms. The third kappa shape index (κ3) is 12.8. The summed E-state index contributed by atoms with van der Waals surface area (Å²) >= 11 is 0. The van der Waals surface area contributed by atoms with Crippen LogP contribution in [0.4, 0.5) is 5.82 Å². The number of aromatic amines is 2. The molecule has 0 spiro atoms. The number of H-pyrrole nitrogens is 2. The Bertz CT molecular complexity index is 2070. The first-order valence-electron chi connectivity index (χ1n) is 14.7. The van der Waals surface area contributed by atoms with Gasteiger partial charge in [0.2, 0.25) is 0 Å². The lowest BCUT2D eigenvalue weighted by Gasteiger charge is -1.98. The Kier molecular flexibility index (Phi) is 17.4. The van der Waals surface area contributed by atoms with Crippen molar-refractivity contribution in [1.29, 1.82) is 0 Å². The fourth-order valence-electron chi connectivity index (χ4n) is 3.78. The minimum atomic E-state index is 0. The molecule has 1 aliphatic heterocycles. The standard InChI is InChI=1S/C16H17N8.C10H11N5.C6H10N3.2ClH/c1-23-11-5-3-7-13(23)19-21-16(15-17-9-10-18-15)22-20-14-8-4-6-12-24(14)2;1-15-7-3-2-4-10(15)14-13-8-9-11-5-6-12-9;1-9-5-3-2-4-6(9)8-7;;/h3-12H,1-2H3,(H,17,18);2-8H,1H3,(H,11,12);2-3,5H,4,7H2,1H3;2*1H/q+1;;+1;;/p-1/b;13-8-,14-10-;8-6-;;. The van der Waals surface area contributed by atoms with Crippen LogP contribution in [0.3, 0.4) is 0 Å². The van der Waals surface area contributed by atoms with E-state index in [4.69, 9.17) is 5.84 Å². The number of aromatic nitrogens is 7. The molecule has 5 aromatic rings. The van der Waals surface area contributed by atoms with Gasteiger partial charge in [0.1, 0.15) is 5.82 Å². The molecule has 16 nitrogen and oxygen atoms in total. The number of hydrazone groups is 1. The minimum Gasteiger partial charge on any atom is -1.00 e. The van der Waals surface area contributed by atoms with Gasteiger partial charge in [-0.3, -0.25) is 0 Å². The average Bonchev–Trinajstić information content (AvgIpc) is 3.84. The van der Waals surface area contributed by atoms with E-state index in [9.17, 15) is 0 Å². The van der Waals surface area contributed by atoms with E-state index in [2.05, 4.69) is 55.7 Å². The van der Waals surface area contributed by atoms with Gasteiger partial charge in [0, 0.05) is 62.4 Å². The van der Waals surface area contributed by atoms with Crippen molar-refractivity contribution < 1.29 is 21.5 Å². The average molecular weight is 719 g/mol. The van der Waals surface area contributed by atoms with Crippen LogP contribution in [0.5, 0.6) is 0 Å². The van der Waals surface area contributed by atoms with Gasteiger partial charge in [0.15, 0.2) is 16.8 Å². The summed E-state index contributed by atoms with van der Waals surface area (Å²) in [4.78, 5) is 14.1. The number of halogens is 2. The Morgan fingerprint density at radius 2 is 1.58 bits per heavy atom. The monoisotopic (exact) mass is 717 g/mol. The van der Waals surface area contributed by atoms with Crippen LogP contribution in [0.2, 0.25) is 0 Å².